The van der Waals surface area contributed by atoms with Crippen LogP contribution in [-0.4, -0.2) is 49.1 Å². The summed E-state index contributed by atoms with van der Waals surface area (Å²) in [6.45, 7) is -0.620. The van der Waals surface area contributed by atoms with Crippen LogP contribution in [0.25, 0.3) is 0 Å². The first-order chi connectivity index (χ1) is 12.0. The molecule has 0 aliphatic rings. The molecule has 132 valence electrons. The maximum Gasteiger partial charge on any atom is 0.374 e. The number of benzene rings is 1. The highest BCUT2D eigenvalue weighted by molar-refractivity contribution is 7.98. The van der Waals surface area contributed by atoms with Crippen molar-refractivity contribution in [3.63, 3.8) is 0 Å². The van der Waals surface area contributed by atoms with Gasteiger partial charge in [0.1, 0.15) is 0 Å². The van der Waals surface area contributed by atoms with Gasteiger partial charge in [0.25, 0.3) is 5.91 Å². The van der Waals surface area contributed by atoms with Gasteiger partial charge in [-0.05, 0) is 30.5 Å². The van der Waals surface area contributed by atoms with E-state index in [2.05, 4.69) is 5.32 Å². The van der Waals surface area contributed by atoms with Gasteiger partial charge in [-0.1, -0.05) is 12.1 Å². The van der Waals surface area contributed by atoms with E-state index in [9.17, 15) is 14.4 Å². The molecule has 0 fully saturated rings. The smallest absolute Gasteiger partial charge is 0.374 e. The van der Waals surface area contributed by atoms with Gasteiger partial charge in [0.15, 0.2) is 6.61 Å². The number of amides is 2. The lowest BCUT2D eigenvalue weighted by molar-refractivity contribution is -0.136. The van der Waals surface area contributed by atoms with E-state index in [4.69, 9.17) is 9.15 Å². The van der Waals surface area contributed by atoms with E-state index in [0.717, 1.165) is 4.90 Å². The molecule has 0 radical (unpaired) electrons. The molecule has 0 aliphatic carbocycles. The van der Waals surface area contributed by atoms with Crippen LogP contribution in [0.5, 0.6) is 0 Å². The lowest BCUT2D eigenvalue weighted by atomic mass is 10.3. The van der Waals surface area contributed by atoms with Gasteiger partial charge in [0.2, 0.25) is 11.7 Å². The molecule has 0 bridgehead atoms. The number of para-hydroxylation sites is 1. The summed E-state index contributed by atoms with van der Waals surface area (Å²) in [5.74, 6) is -1.55. The highest BCUT2D eigenvalue weighted by Gasteiger charge is 2.17. The Morgan fingerprint density at radius 1 is 1.20 bits per heavy atom. The van der Waals surface area contributed by atoms with Gasteiger partial charge in [-0.15, -0.1) is 11.8 Å². The Kier molecular flexibility index (Phi) is 6.64. The van der Waals surface area contributed by atoms with Crippen molar-refractivity contribution in [2.24, 2.45) is 0 Å². The summed E-state index contributed by atoms with van der Waals surface area (Å²) in [7, 11) is 1.46. The van der Waals surface area contributed by atoms with Crippen LogP contribution in [0, 0.1) is 0 Å². The van der Waals surface area contributed by atoms with Crippen molar-refractivity contribution in [2.75, 3.05) is 31.8 Å². The fourth-order valence-corrected chi connectivity index (χ4v) is 2.50. The predicted molar refractivity (Wildman–Crippen MR) is 93.5 cm³/mol. The van der Waals surface area contributed by atoms with Gasteiger partial charge < -0.3 is 19.4 Å². The highest BCUT2D eigenvalue weighted by atomic mass is 32.2. The van der Waals surface area contributed by atoms with E-state index in [0.29, 0.717) is 5.69 Å². The fraction of sp³-hybridized carbons (Fsp3) is 0.235. The molecule has 1 heterocycles. The van der Waals surface area contributed by atoms with Gasteiger partial charge >= 0.3 is 5.97 Å². The Bertz CT molecular complexity index is 745. The second kappa shape index (κ2) is 8.93. The van der Waals surface area contributed by atoms with Crippen LogP contribution < -0.4 is 5.32 Å². The zero-order valence-electron chi connectivity index (χ0n) is 13.9. The Labute approximate surface area is 149 Å². The van der Waals surface area contributed by atoms with Gasteiger partial charge in [-0.2, -0.15) is 0 Å². The van der Waals surface area contributed by atoms with Crippen LogP contribution in [0.15, 0.2) is 52.0 Å². The van der Waals surface area contributed by atoms with Crippen LogP contribution in [0.1, 0.15) is 10.6 Å². The molecule has 8 heteroatoms. The average Bonchev–Trinajstić information content (AvgIpc) is 3.14. The minimum absolute atomic E-state index is 0.0156. The second-order valence-electron chi connectivity index (χ2n) is 5.05. The van der Waals surface area contributed by atoms with Gasteiger partial charge in [-0.3, -0.25) is 9.59 Å². The number of anilines is 1. The summed E-state index contributed by atoms with van der Waals surface area (Å²) < 4.78 is 9.72. The first-order valence-electron chi connectivity index (χ1n) is 7.38. The molecule has 0 unspecified atom stereocenters. The zero-order chi connectivity index (χ0) is 18.2. The quantitative estimate of drug-likeness (QED) is 0.600. The number of nitrogens with zero attached hydrogens (tertiary/aromatic N) is 1. The van der Waals surface area contributed by atoms with Crippen LogP contribution in [-0.2, 0) is 14.3 Å². The van der Waals surface area contributed by atoms with Crippen molar-refractivity contribution in [3.8, 4) is 0 Å². The first-order valence-corrected chi connectivity index (χ1v) is 8.61. The molecule has 0 atom stereocenters. The van der Waals surface area contributed by atoms with Crippen molar-refractivity contribution in [3.05, 3.63) is 48.4 Å². The largest absolute Gasteiger partial charge is 0.457 e. The third kappa shape index (κ3) is 5.39. The molecule has 0 saturated heterocycles. The third-order valence-electron chi connectivity index (χ3n) is 3.24. The van der Waals surface area contributed by atoms with Crippen molar-refractivity contribution >= 4 is 35.2 Å². The maximum atomic E-state index is 12.1. The van der Waals surface area contributed by atoms with Crippen LogP contribution >= 0.6 is 11.8 Å². The number of hydrogen-bond acceptors (Lipinski definition) is 6. The summed E-state index contributed by atoms with van der Waals surface area (Å²) in [5.41, 5.74) is 0.685. The van der Waals surface area contributed by atoms with E-state index in [-0.39, 0.29) is 18.2 Å². The average molecular weight is 362 g/mol. The minimum Gasteiger partial charge on any atom is -0.457 e. The van der Waals surface area contributed by atoms with E-state index in [1.165, 1.54) is 36.0 Å². The third-order valence-corrected chi connectivity index (χ3v) is 4.03. The summed E-state index contributed by atoms with van der Waals surface area (Å²) in [5, 5.41) is 2.76. The lowest BCUT2D eigenvalue weighted by Crippen LogP contribution is -2.37. The molecule has 1 N–H and O–H groups in total. The standard InChI is InChI=1S/C17H18N2O5S/c1-19(16(21)11-24-17(22)13-7-5-9-23-13)10-15(20)18-12-6-3-4-8-14(12)25-2/h3-9H,10-11H2,1-2H3,(H,18,20). The predicted octanol–water partition coefficient (Wildman–Crippen LogP) is 2.26. The zero-order valence-corrected chi connectivity index (χ0v) is 14.7. The summed E-state index contributed by atoms with van der Waals surface area (Å²) in [6, 6.07) is 10.4. The normalized spacial score (nSPS) is 10.2. The lowest BCUT2D eigenvalue weighted by Gasteiger charge is -2.17. The molecule has 0 spiro atoms. The summed E-state index contributed by atoms with van der Waals surface area (Å²) >= 11 is 1.51. The Morgan fingerprint density at radius 3 is 2.64 bits per heavy atom. The molecule has 0 aliphatic heterocycles. The molecule has 2 aromatic rings. The van der Waals surface area contributed by atoms with Crippen molar-refractivity contribution in [1.82, 2.24) is 4.90 Å². The molecule has 2 rings (SSSR count). The van der Waals surface area contributed by atoms with Gasteiger partial charge in [0, 0.05) is 11.9 Å². The molecule has 1 aromatic carbocycles. The van der Waals surface area contributed by atoms with Crippen LogP contribution in [0.3, 0.4) is 0 Å². The Hall–Kier alpha value is -2.74. The number of thioether (sulfide) groups is 1. The maximum absolute atomic E-state index is 12.1. The number of carbonyl (C=O) groups is 3. The first kappa shape index (κ1) is 18.6. The number of likely N-dealkylation sites (N-methyl/N-ethyl adjacent to an activating group) is 1. The van der Waals surface area contributed by atoms with Crippen molar-refractivity contribution in [1.29, 1.82) is 0 Å². The van der Waals surface area contributed by atoms with Crippen molar-refractivity contribution in [2.45, 2.75) is 4.90 Å². The SMILES string of the molecule is CSc1ccccc1NC(=O)CN(C)C(=O)COC(=O)c1ccco1. The van der Waals surface area contributed by atoms with Crippen molar-refractivity contribution < 1.29 is 23.5 Å². The summed E-state index contributed by atoms with van der Waals surface area (Å²) in [4.78, 5) is 37.8. The Morgan fingerprint density at radius 2 is 1.96 bits per heavy atom. The van der Waals surface area contributed by atoms with Gasteiger partial charge in [-0.25, -0.2) is 4.79 Å². The summed E-state index contributed by atoms with van der Waals surface area (Å²) in [6.07, 6.45) is 3.25. The number of ether oxygens (including phenoxy) is 1. The second-order valence-corrected chi connectivity index (χ2v) is 5.90. The van der Waals surface area contributed by atoms with Crippen LogP contribution in [0.4, 0.5) is 5.69 Å². The molecular weight excluding hydrogens is 344 g/mol. The van der Waals surface area contributed by atoms with E-state index in [1.807, 2.05) is 24.5 Å². The molecule has 1 aromatic heterocycles. The van der Waals surface area contributed by atoms with Crippen LogP contribution in [0.2, 0.25) is 0 Å². The number of nitrogens with one attached hydrogen (secondary N) is 1. The van der Waals surface area contributed by atoms with E-state index >= 15 is 0 Å². The number of rotatable bonds is 7. The topological polar surface area (TPSA) is 88.9 Å². The number of hydrogen-bond donors (Lipinski definition) is 1. The number of furan rings is 1. The van der Waals surface area contributed by atoms with E-state index < -0.39 is 18.5 Å². The fourth-order valence-electron chi connectivity index (χ4n) is 1.94. The Balaban J connectivity index is 1.81. The minimum atomic E-state index is -0.731. The number of carbonyl (C=O) groups excluding carboxylic acids is 3. The monoisotopic (exact) mass is 362 g/mol. The molecule has 7 nitrogen and oxygen atoms in total. The van der Waals surface area contributed by atoms with Gasteiger partial charge in [0.05, 0.1) is 18.5 Å². The molecular formula is C17H18N2O5S. The molecule has 0 saturated carbocycles. The molecule has 2 amide bonds. The highest BCUT2D eigenvalue weighted by Crippen LogP contribution is 2.24. The van der Waals surface area contributed by atoms with E-state index in [1.54, 1.807) is 12.1 Å². The number of esters is 1. The molecule has 25 heavy (non-hydrogen) atoms.